The molecular formula is C27H29NO3. The van der Waals surface area contributed by atoms with E-state index in [-0.39, 0.29) is 23.6 Å². The predicted molar refractivity (Wildman–Crippen MR) is 122 cm³/mol. The van der Waals surface area contributed by atoms with Crippen LogP contribution in [0.5, 0.6) is 0 Å². The van der Waals surface area contributed by atoms with Crippen LogP contribution in [0.2, 0.25) is 0 Å². The number of carbonyl (C=O) groups is 2. The number of carbonyl (C=O) groups excluding carboxylic acids is 2. The Hall–Kier alpha value is -3.01. The quantitative estimate of drug-likeness (QED) is 0.604. The second-order valence-electron chi connectivity index (χ2n) is 8.59. The molecule has 1 unspecified atom stereocenters. The molecule has 1 aliphatic carbocycles. The van der Waals surface area contributed by atoms with Gasteiger partial charge in [-0.3, -0.25) is 14.6 Å². The normalized spacial score (nSPS) is 23.3. The third kappa shape index (κ3) is 4.25. The Morgan fingerprint density at radius 2 is 1.71 bits per heavy atom. The average molecular weight is 416 g/mol. The van der Waals surface area contributed by atoms with Gasteiger partial charge in [0.25, 0.3) is 0 Å². The minimum absolute atomic E-state index is 0.0882. The Bertz CT molecular complexity index is 1030. The lowest BCUT2D eigenvalue weighted by molar-refractivity contribution is -0.146. The van der Waals surface area contributed by atoms with E-state index in [2.05, 4.69) is 12.1 Å². The molecule has 0 saturated carbocycles. The number of nitrogens with zero attached hydrogens (tertiary/aromatic N) is 1. The van der Waals surface area contributed by atoms with Gasteiger partial charge in [0, 0.05) is 29.3 Å². The first kappa shape index (κ1) is 21.2. The molecule has 0 spiro atoms. The Kier molecular flexibility index (Phi) is 6.17. The maximum absolute atomic E-state index is 13.5. The minimum atomic E-state index is -0.565. The lowest BCUT2D eigenvalue weighted by Gasteiger charge is -2.36. The first-order valence-electron chi connectivity index (χ1n) is 11.1. The number of ether oxygens (including phenoxy) is 1. The van der Waals surface area contributed by atoms with E-state index in [9.17, 15) is 9.59 Å². The molecule has 0 radical (unpaired) electrons. The van der Waals surface area contributed by atoms with Crippen LogP contribution < -0.4 is 0 Å². The van der Waals surface area contributed by atoms with Gasteiger partial charge in [-0.05, 0) is 43.7 Å². The van der Waals surface area contributed by atoms with Gasteiger partial charge in [-0.15, -0.1) is 0 Å². The molecule has 0 N–H and O–H groups in total. The number of Topliss-reactive ketones (excluding diaryl/α,β-unsaturated/α-hetero) is 1. The molecule has 1 aliphatic heterocycles. The van der Waals surface area contributed by atoms with Gasteiger partial charge in [0.15, 0.2) is 5.78 Å². The van der Waals surface area contributed by atoms with Gasteiger partial charge in [0.05, 0.1) is 6.61 Å². The summed E-state index contributed by atoms with van der Waals surface area (Å²) in [5.41, 5.74) is 5.52. The maximum Gasteiger partial charge on any atom is 0.315 e. The van der Waals surface area contributed by atoms with Gasteiger partial charge >= 0.3 is 5.97 Å². The van der Waals surface area contributed by atoms with Gasteiger partial charge in [0.1, 0.15) is 5.92 Å². The highest BCUT2D eigenvalue weighted by Gasteiger charge is 2.44. The largest absolute Gasteiger partial charge is 0.465 e. The summed E-state index contributed by atoms with van der Waals surface area (Å²) >= 11 is 0. The number of benzene rings is 2. The first-order valence-corrected chi connectivity index (χ1v) is 11.1. The minimum Gasteiger partial charge on any atom is -0.465 e. The smallest absolute Gasteiger partial charge is 0.315 e. The summed E-state index contributed by atoms with van der Waals surface area (Å²) in [6.45, 7) is 6.27. The fourth-order valence-corrected chi connectivity index (χ4v) is 4.75. The van der Waals surface area contributed by atoms with Crippen LogP contribution in [0.1, 0.15) is 61.6 Å². The SMILES string of the molecule is CCCOC(=O)C1C(C)=NC2=C(C(=O)C[C@@H](c3ccccc3)C2)[C@H]1c1ccc(C)cc1. The number of esters is 1. The molecule has 0 saturated heterocycles. The van der Waals surface area contributed by atoms with Crippen LogP contribution in [0.3, 0.4) is 0 Å². The molecule has 0 bridgehead atoms. The molecule has 0 amide bonds. The summed E-state index contributed by atoms with van der Waals surface area (Å²) in [5.74, 6) is -0.999. The number of rotatable bonds is 5. The number of aryl methyl sites for hydroxylation is 1. The number of hydrogen-bond acceptors (Lipinski definition) is 4. The van der Waals surface area contributed by atoms with Crippen molar-refractivity contribution in [1.29, 1.82) is 0 Å². The molecule has 2 aliphatic rings. The highest BCUT2D eigenvalue weighted by atomic mass is 16.5. The molecule has 3 atom stereocenters. The lowest BCUT2D eigenvalue weighted by Crippen LogP contribution is -2.38. The molecule has 2 aromatic rings. The van der Waals surface area contributed by atoms with Crippen LogP contribution in [-0.4, -0.2) is 24.1 Å². The Morgan fingerprint density at radius 1 is 1.00 bits per heavy atom. The van der Waals surface area contributed by atoms with Gasteiger partial charge < -0.3 is 4.74 Å². The number of aliphatic imine (C=N–C) groups is 1. The van der Waals surface area contributed by atoms with E-state index in [1.165, 1.54) is 0 Å². The highest BCUT2D eigenvalue weighted by Crippen LogP contribution is 2.46. The molecule has 0 fully saturated rings. The molecule has 4 rings (SSSR count). The second-order valence-corrected chi connectivity index (χ2v) is 8.59. The van der Waals surface area contributed by atoms with Crippen molar-refractivity contribution in [2.45, 2.75) is 51.9 Å². The average Bonchev–Trinajstić information content (AvgIpc) is 2.77. The van der Waals surface area contributed by atoms with Crippen molar-refractivity contribution < 1.29 is 14.3 Å². The third-order valence-electron chi connectivity index (χ3n) is 6.30. The van der Waals surface area contributed by atoms with Crippen LogP contribution in [0.4, 0.5) is 0 Å². The van der Waals surface area contributed by atoms with Gasteiger partial charge in [0.2, 0.25) is 0 Å². The van der Waals surface area contributed by atoms with Crippen molar-refractivity contribution in [3.8, 4) is 0 Å². The summed E-state index contributed by atoms with van der Waals surface area (Å²) in [6.07, 6.45) is 1.91. The molecule has 160 valence electrons. The lowest BCUT2D eigenvalue weighted by atomic mass is 9.69. The van der Waals surface area contributed by atoms with Gasteiger partial charge in [-0.2, -0.15) is 0 Å². The predicted octanol–water partition coefficient (Wildman–Crippen LogP) is 5.52. The van der Waals surface area contributed by atoms with Crippen molar-refractivity contribution in [2.24, 2.45) is 10.9 Å². The summed E-state index contributed by atoms with van der Waals surface area (Å²) in [5, 5.41) is 0. The van der Waals surface area contributed by atoms with Crippen molar-refractivity contribution in [1.82, 2.24) is 0 Å². The van der Waals surface area contributed by atoms with E-state index >= 15 is 0 Å². The Morgan fingerprint density at radius 3 is 2.39 bits per heavy atom. The number of hydrogen-bond donors (Lipinski definition) is 0. The fourth-order valence-electron chi connectivity index (χ4n) is 4.75. The van der Waals surface area contributed by atoms with Crippen molar-refractivity contribution >= 4 is 17.5 Å². The summed E-state index contributed by atoms with van der Waals surface area (Å²) in [6, 6.07) is 18.3. The highest BCUT2D eigenvalue weighted by molar-refractivity contribution is 6.09. The van der Waals surface area contributed by atoms with Crippen LogP contribution in [0, 0.1) is 12.8 Å². The second kappa shape index (κ2) is 9.01. The summed E-state index contributed by atoms with van der Waals surface area (Å²) in [4.78, 5) is 31.3. The zero-order valence-electron chi connectivity index (χ0n) is 18.4. The summed E-state index contributed by atoms with van der Waals surface area (Å²) < 4.78 is 5.53. The molecule has 0 aromatic heterocycles. The number of ketones is 1. The molecule has 4 heteroatoms. The molecule has 1 heterocycles. The molecular weight excluding hydrogens is 386 g/mol. The van der Waals surface area contributed by atoms with Gasteiger partial charge in [-0.1, -0.05) is 67.1 Å². The summed E-state index contributed by atoms with van der Waals surface area (Å²) in [7, 11) is 0. The van der Waals surface area contributed by atoms with Gasteiger partial charge in [-0.25, -0.2) is 0 Å². The van der Waals surface area contributed by atoms with E-state index in [1.807, 2.05) is 63.2 Å². The topological polar surface area (TPSA) is 55.7 Å². The van der Waals surface area contributed by atoms with Crippen LogP contribution in [0.15, 0.2) is 70.9 Å². The van der Waals surface area contributed by atoms with E-state index in [4.69, 9.17) is 9.73 Å². The van der Waals surface area contributed by atoms with Crippen LogP contribution in [-0.2, 0) is 14.3 Å². The van der Waals surface area contributed by atoms with E-state index < -0.39 is 5.92 Å². The molecule has 31 heavy (non-hydrogen) atoms. The molecule has 4 nitrogen and oxygen atoms in total. The van der Waals surface area contributed by atoms with E-state index in [0.717, 1.165) is 34.5 Å². The van der Waals surface area contributed by atoms with Crippen molar-refractivity contribution in [3.05, 3.63) is 82.6 Å². The van der Waals surface area contributed by atoms with Crippen LogP contribution in [0.25, 0.3) is 0 Å². The Labute approximate surface area is 184 Å². The zero-order chi connectivity index (χ0) is 22.0. The zero-order valence-corrected chi connectivity index (χ0v) is 18.4. The monoisotopic (exact) mass is 415 g/mol. The van der Waals surface area contributed by atoms with Crippen molar-refractivity contribution in [2.75, 3.05) is 6.61 Å². The fraction of sp³-hybridized carbons (Fsp3) is 0.370. The molecule has 2 aromatic carbocycles. The Balaban J connectivity index is 1.77. The maximum atomic E-state index is 13.5. The van der Waals surface area contributed by atoms with E-state index in [0.29, 0.717) is 25.0 Å². The van der Waals surface area contributed by atoms with Crippen LogP contribution >= 0.6 is 0 Å². The van der Waals surface area contributed by atoms with E-state index in [1.54, 1.807) is 0 Å². The third-order valence-corrected chi connectivity index (χ3v) is 6.30. The standard InChI is InChI=1S/C27H29NO3/c1-4-14-31-27(30)24-18(3)28-22-15-21(19-8-6-5-7-9-19)16-23(29)26(22)25(24)20-12-10-17(2)11-13-20/h5-13,21,24-25H,4,14-16H2,1-3H3/t21-,24?,25-/m0/s1. The number of allylic oxidation sites excluding steroid dienone is 2. The first-order chi connectivity index (χ1) is 15.0. The van der Waals surface area contributed by atoms with Crippen molar-refractivity contribution in [3.63, 3.8) is 0 Å².